The normalized spacial score (nSPS) is 8.00. The van der Waals surface area contributed by atoms with Crippen LogP contribution in [0.1, 0.15) is 10.4 Å². The molecular weight excluding hydrogens is 147 g/mol. The number of thiophene rings is 1. The average molecular weight is 150 g/mol. The fourth-order valence-electron chi connectivity index (χ4n) is 0.392. The summed E-state index contributed by atoms with van der Waals surface area (Å²) in [6.45, 7) is 0. The maximum Gasteiger partial charge on any atom is 1.00 e. The van der Waals surface area contributed by atoms with Crippen molar-refractivity contribution in [1.29, 1.82) is 0 Å². The minimum Gasteiger partial charge on any atom is -0.865 e. The van der Waals surface area contributed by atoms with Crippen LogP contribution in [0.3, 0.4) is 0 Å². The van der Waals surface area contributed by atoms with Crippen LogP contribution in [0.15, 0.2) is 11.4 Å². The molecule has 0 unspecified atom stereocenters. The first-order valence-electron chi connectivity index (χ1n) is 2.03. The maximum absolute atomic E-state index is 10.3. The van der Waals surface area contributed by atoms with Gasteiger partial charge in [0.15, 0.2) is 6.29 Å². The van der Waals surface area contributed by atoms with Crippen LogP contribution in [0.2, 0.25) is 0 Å². The van der Waals surface area contributed by atoms with Crippen LogP contribution in [0.5, 0.6) is 5.06 Å². The first-order valence-corrected chi connectivity index (χ1v) is 2.91. The Labute approximate surface area is 78.8 Å². The van der Waals surface area contributed by atoms with Gasteiger partial charge in [0.25, 0.3) is 0 Å². The Hall–Kier alpha value is 0.170. The Bertz CT molecular complexity index is 197. The molecule has 42 valence electrons. The summed E-state index contributed by atoms with van der Waals surface area (Å²) >= 11 is 1.04. The molecule has 0 amide bonds. The molecule has 0 N–H and O–H groups in total. The van der Waals surface area contributed by atoms with E-state index in [1.54, 1.807) is 0 Å². The Morgan fingerprint density at radius 2 is 2.33 bits per heavy atom. The molecule has 4 heteroatoms. The van der Waals surface area contributed by atoms with E-state index in [0.717, 1.165) is 11.3 Å². The van der Waals surface area contributed by atoms with Crippen LogP contribution in [-0.4, -0.2) is 6.29 Å². The number of aldehydes is 1. The van der Waals surface area contributed by atoms with Gasteiger partial charge in [0, 0.05) is 10.9 Å². The molecule has 0 saturated heterocycles. The van der Waals surface area contributed by atoms with Crippen molar-refractivity contribution in [3.63, 3.8) is 0 Å². The topological polar surface area (TPSA) is 40.1 Å². The minimum atomic E-state index is -0.0629. The van der Waals surface area contributed by atoms with Crippen LogP contribution in [0.4, 0.5) is 0 Å². The molecule has 0 aliphatic heterocycles. The number of hydrogen-bond acceptors (Lipinski definition) is 3. The van der Waals surface area contributed by atoms with Crippen molar-refractivity contribution in [1.82, 2.24) is 0 Å². The van der Waals surface area contributed by atoms with Crippen LogP contribution in [0.25, 0.3) is 0 Å². The average Bonchev–Trinajstić information content (AvgIpc) is 2.14. The molecular formula is C5H3NaO2S. The second-order valence-corrected chi connectivity index (χ2v) is 2.19. The van der Waals surface area contributed by atoms with Crippen molar-refractivity contribution in [2.45, 2.75) is 0 Å². The molecule has 0 atom stereocenters. The molecule has 2 nitrogen and oxygen atoms in total. The fourth-order valence-corrected chi connectivity index (χ4v) is 0.972. The third-order valence-electron chi connectivity index (χ3n) is 0.732. The van der Waals surface area contributed by atoms with Gasteiger partial charge in [0.1, 0.15) is 0 Å². The van der Waals surface area contributed by atoms with E-state index in [1.807, 2.05) is 0 Å². The molecule has 1 aromatic rings. The summed E-state index contributed by atoms with van der Waals surface area (Å²) < 4.78 is 0. The number of carbonyl (C=O) groups is 1. The van der Waals surface area contributed by atoms with Crippen molar-refractivity contribution in [3.05, 3.63) is 17.0 Å². The van der Waals surface area contributed by atoms with Crippen molar-refractivity contribution in [2.24, 2.45) is 0 Å². The van der Waals surface area contributed by atoms with Gasteiger partial charge in [-0.1, -0.05) is 5.06 Å². The second-order valence-electron chi connectivity index (χ2n) is 1.32. The van der Waals surface area contributed by atoms with Crippen molar-refractivity contribution in [2.75, 3.05) is 0 Å². The molecule has 1 heterocycles. The van der Waals surface area contributed by atoms with Crippen LogP contribution < -0.4 is 34.7 Å². The summed E-state index contributed by atoms with van der Waals surface area (Å²) in [5.41, 5.74) is 0.472. The Morgan fingerprint density at radius 3 is 2.56 bits per heavy atom. The third-order valence-corrected chi connectivity index (χ3v) is 1.47. The summed E-state index contributed by atoms with van der Waals surface area (Å²) in [7, 11) is 0. The smallest absolute Gasteiger partial charge is 0.865 e. The van der Waals surface area contributed by atoms with Gasteiger partial charge >= 0.3 is 29.6 Å². The van der Waals surface area contributed by atoms with E-state index in [2.05, 4.69) is 0 Å². The van der Waals surface area contributed by atoms with Crippen molar-refractivity contribution < 1.29 is 39.5 Å². The first kappa shape index (κ1) is 9.17. The van der Waals surface area contributed by atoms with Crippen LogP contribution in [0, 0.1) is 0 Å². The minimum absolute atomic E-state index is 0. The number of carbonyl (C=O) groups excluding carboxylic acids is 1. The van der Waals surface area contributed by atoms with Crippen molar-refractivity contribution >= 4 is 17.6 Å². The molecule has 0 bridgehead atoms. The van der Waals surface area contributed by atoms with E-state index >= 15 is 0 Å². The summed E-state index contributed by atoms with van der Waals surface area (Å²) in [6, 6.07) is 1.32. The molecule has 0 radical (unpaired) electrons. The largest absolute Gasteiger partial charge is 1.00 e. The molecule has 0 fully saturated rings. The standard InChI is InChI=1S/C5H4O2S.Na/c6-2-4-1-5(7)8-3-4;/h1-3,7H;/q;+1/p-1. The Balaban J connectivity index is 0.000000640. The Kier molecular flexibility index (Phi) is 4.14. The molecule has 9 heavy (non-hydrogen) atoms. The third kappa shape index (κ3) is 2.49. The molecule has 1 rings (SSSR count). The second kappa shape index (κ2) is 4.06. The monoisotopic (exact) mass is 150 g/mol. The fraction of sp³-hybridized carbons (Fsp3) is 0. The number of hydrogen-bond donors (Lipinski definition) is 0. The summed E-state index contributed by atoms with van der Waals surface area (Å²) in [5.74, 6) is 0. The van der Waals surface area contributed by atoms with E-state index in [9.17, 15) is 9.90 Å². The van der Waals surface area contributed by atoms with Gasteiger partial charge in [0.2, 0.25) is 0 Å². The van der Waals surface area contributed by atoms with Gasteiger partial charge in [-0.3, -0.25) is 4.79 Å². The number of rotatable bonds is 1. The van der Waals surface area contributed by atoms with E-state index in [4.69, 9.17) is 0 Å². The van der Waals surface area contributed by atoms with Crippen LogP contribution >= 0.6 is 11.3 Å². The van der Waals surface area contributed by atoms with Gasteiger partial charge in [-0.25, -0.2) is 0 Å². The molecule has 0 saturated carbocycles. The van der Waals surface area contributed by atoms with E-state index in [0.29, 0.717) is 11.8 Å². The predicted molar refractivity (Wildman–Crippen MR) is 29.2 cm³/mol. The zero-order valence-corrected chi connectivity index (χ0v) is 7.77. The van der Waals surface area contributed by atoms with Crippen molar-refractivity contribution in [3.8, 4) is 5.06 Å². The summed E-state index contributed by atoms with van der Waals surface area (Å²) in [5, 5.41) is 11.8. The van der Waals surface area contributed by atoms with Gasteiger partial charge < -0.3 is 5.11 Å². The quantitative estimate of drug-likeness (QED) is 0.332. The van der Waals surface area contributed by atoms with E-state index in [-0.39, 0.29) is 34.6 Å². The maximum atomic E-state index is 10.3. The SMILES string of the molecule is O=Cc1csc([O-])c1.[Na+]. The molecule has 1 aromatic heterocycles. The summed E-state index contributed by atoms with van der Waals surface area (Å²) in [4.78, 5) is 9.89. The van der Waals surface area contributed by atoms with Crippen LogP contribution in [-0.2, 0) is 0 Å². The molecule has 0 spiro atoms. The van der Waals surface area contributed by atoms with E-state index < -0.39 is 0 Å². The van der Waals surface area contributed by atoms with Gasteiger partial charge in [0.05, 0.1) is 0 Å². The zero-order chi connectivity index (χ0) is 5.98. The predicted octanol–water partition coefficient (Wildman–Crippen LogP) is -2.36. The van der Waals surface area contributed by atoms with E-state index in [1.165, 1.54) is 11.4 Å². The molecule has 0 aliphatic carbocycles. The summed E-state index contributed by atoms with van der Waals surface area (Å²) in [6.07, 6.45) is 0.665. The first-order chi connectivity index (χ1) is 3.83. The van der Waals surface area contributed by atoms with Gasteiger partial charge in [-0.15, -0.1) is 0 Å². The van der Waals surface area contributed by atoms with Gasteiger partial charge in [-0.2, -0.15) is 11.3 Å². The molecule has 0 aromatic carbocycles. The zero-order valence-electron chi connectivity index (χ0n) is 4.96. The van der Waals surface area contributed by atoms with Gasteiger partial charge in [-0.05, 0) is 6.07 Å². The molecule has 0 aliphatic rings. The Morgan fingerprint density at radius 1 is 1.67 bits per heavy atom.